The first-order chi connectivity index (χ1) is 11.1. The van der Waals surface area contributed by atoms with Crippen molar-refractivity contribution in [3.8, 4) is 11.5 Å². The van der Waals surface area contributed by atoms with Crippen LogP contribution in [0.1, 0.15) is 30.1 Å². The lowest BCUT2D eigenvalue weighted by Crippen LogP contribution is -2.41. The standard InChI is InChI=1S/C17H21NO5/c1-12-3-2-6-18(10-12)16(19)11-23-17(20)13-4-5-14-15(9-13)22-8-7-21-14/h4-5,9,12H,2-3,6-8,10-11H2,1H3/t12-/m1/s1. The molecule has 2 heterocycles. The van der Waals surface area contributed by atoms with E-state index in [9.17, 15) is 9.59 Å². The molecule has 124 valence electrons. The molecule has 1 aromatic carbocycles. The van der Waals surface area contributed by atoms with E-state index in [4.69, 9.17) is 14.2 Å². The van der Waals surface area contributed by atoms with Gasteiger partial charge in [-0.15, -0.1) is 0 Å². The summed E-state index contributed by atoms with van der Waals surface area (Å²) in [6.07, 6.45) is 2.14. The Morgan fingerprint density at radius 3 is 2.83 bits per heavy atom. The van der Waals surface area contributed by atoms with E-state index in [-0.39, 0.29) is 12.5 Å². The largest absolute Gasteiger partial charge is 0.486 e. The Morgan fingerprint density at radius 2 is 2.04 bits per heavy atom. The zero-order valence-electron chi connectivity index (χ0n) is 13.2. The van der Waals surface area contributed by atoms with Crippen molar-refractivity contribution in [2.24, 2.45) is 5.92 Å². The minimum Gasteiger partial charge on any atom is -0.486 e. The lowest BCUT2D eigenvalue weighted by atomic mass is 10.0. The van der Waals surface area contributed by atoms with Gasteiger partial charge in [0.2, 0.25) is 0 Å². The number of benzene rings is 1. The van der Waals surface area contributed by atoms with Crippen LogP contribution in [0.5, 0.6) is 11.5 Å². The number of nitrogens with zero attached hydrogens (tertiary/aromatic N) is 1. The molecule has 3 rings (SSSR count). The molecule has 0 N–H and O–H groups in total. The maximum Gasteiger partial charge on any atom is 0.338 e. The number of rotatable bonds is 3. The van der Waals surface area contributed by atoms with Gasteiger partial charge >= 0.3 is 5.97 Å². The van der Waals surface area contributed by atoms with E-state index in [1.807, 2.05) is 0 Å². The molecule has 1 amide bonds. The monoisotopic (exact) mass is 319 g/mol. The summed E-state index contributed by atoms with van der Waals surface area (Å²) >= 11 is 0. The van der Waals surface area contributed by atoms with Crippen LogP contribution in [-0.4, -0.2) is 49.7 Å². The highest BCUT2D eigenvalue weighted by atomic mass is 16.6. The number of piperidine rings is 1. The summed E-state index contributed by atoms with van der Waals surface area (Å²) in [5.74, 6) is 0.983. The number of esters is 1. The van der Waals surface area contributed by atoms with Gasteiger partial charge in [-0.2, -0.15) is 0 Å². The maximum atomic E-state index is 12.1. The molecular weight excluding hydrogens is 298 g/mol. The van der Waals surface area contributed by atoms with Crippen LogP contribution in [0.25, 0.3) is 0 Å². The number of carbonyl (C=O) groups excluding carboxylic acids is 2. The quantitative estimate of drug-likeness (QED) is 0.796. The average Bonchev–Trinajstić information content (AvgIpc) is 2.59. The van der Waals surface area contributed by atoms with Crippen LogP contribution in [0.15, 0.2) is 18.2 Å². The fourth-order valence-electron chi connectivity index (χ4n) is 2.89. The molecule has 0 aromatic heterocycles. The van der Waals surface area contributed by atoms with Gasteiger partial charge in [0.05, 0.1) is 5.56 Å². The molecule has 23 heavy (non-hydrogen) atoms. The van der Waals surface area contributed by atoms with Crippen molar-refractivity contribution in [2.45, 2.75) is 19.8 Å². The van der Waals surface area contributed by atoms with Crippen molar-refractivity contribution in [2.75, 3.05) is 32.9 Å². The predicted molar refractivity (Wildman–Crippen MR) is 82.7 cm³/mol. The zero-order chi connectivity index (χ0) is 16.2. The number of amides is 1. The van der Waals surface area contributed by atoms with E-state index in [0.717, 1.165) is 25.9 Å². The third-order valence-electron chi connectivity index (χ3n) is 4.11. The topological polar surface area (TPSA) is 65.1 Å². The van der Waals surface area contributed by atoms with Crippen molar-refractivity contribution in [1.29, 1.82) is 0 Å². The van der Waals surface area contributed by atoms with E-state index in [1.165, 1.54) is 0 Å². The number of hydrogen-bond donors (Lipinski definition) is 0. The summed E-state index contributed by atoms with van der Waals surface area (Å²) < 4.78 is 16.0. The number of hydrogen-bond acceptors (Lipinski definition) is 5. The van der Waals surface area contributed by atoms with Crippen molar-refractivity contribution in [3.63, 3.8) is 0 Å². The molecule has 0 spiro atoms. The second-order valence-electron chi connectivity index (χ2n) is 6.02. The van der Waals surface area contributed by atoms with Gasteiger partial charge in [-0.05, 0) is 37.0 Å². The molecule has 0 saturated carbocycles. The van der Waals surface area contributed by atoms with E-state index in [2.05, 4.69) is 6.92 Å². The van der Waals surface area contributed by atoms with Crippen LogP contribution in [0.4, 0.5) is 0 Å². The fraction of sp³-hybridized carbons (Fsp3) is 0.529. The van der Waals surface area contributed by atoms with E-state index < -0.39 is 5.97 Å². The van der Waals surface area contributed by atoms with Crippen LogP contribution in [-0.2, 0) is 9.53 Å². The Bertz CT molecular complexity index is 601. The summed E-state index contributed by atoms with van der Waals surface area (Å²) in [4.78, 5) is 26.0. The highest BCUT2D eigenvalue weighted by molar-refractivity contribution is 5.92. The minimum absolute atomic E-state index is 0.137. The van der Waals surface area contributed by atoms with Gasteiger partial charge in [-0.25, -0.2) is 4.79 Å². The molecule has 6 heteroatoms. The number of carbonyl (C=O) groups is 2. The highest BCUT2D eigenvalue weighted by Gasteiger charge is 2.22. The SMILES string of the molecule is C[C@@H]1CCCN(C(=O)COC(=O)c2ccc3c(c2)OCCO3)C1. The zero-order valence-corrected chi connectivity index (χ0v) is 13.2. The number of likely N-dealkylation sites (tertiary alicyclic amines) is 1. The molecular formula is C17H21NO5. The Kier molecular flexibility index (Phi) is 4.69. The first-order valence-electron chi connectivity index (χ1n) is 7.98. The van der Waals surface area contributed by atoms with Gasteiger partial charge in [0.1, 0.15) is 13.2 Å². The molecule has 0 unspecified atom stereocenters. The van der Waals surface area contributed by atoms with Crippen molar-refractivity contribution in [1.82, 2.24) is 4.90 Å². The molecule has 0 bridgehead atoms. The third kappa shape index (κ3) is 3.75. The Balaban J connectivity index is 1.55. The van der Waals surface area contributed by atoms with Crippen LogP contribution in [0.3, 0.4) is 0 Å². The van der Waals surface area contributed by atoms with E-state index >= 15 is 0 Å². The smallest absolute Gasteiger partial charge is 0.338 e. The Labute approximate surface area is 135 Å². The molecule has 1 aromatic rings. The summed E-state index contributed by atoms with van der Waals surface area (Å²) in [6, 6.07) is 4.88. The van der Waals surface area contributed by atoms with E-state index in [1.54, 1.807) is 23.1 Å². The molecule has 1 atom stereocenters. The normalized spacial score (nSPS) is 20.0. The van der Waals surface area contributed by atoms with Gasteiger partial charge in [0.25, 0.3) is 5.91 Å². The van der Waals surface area contributed by atoms with Crippen molar-refractivity contribution < 1.29 is 23.8 Å². The second-order valence-corrected chi connectivity index (χ2v) is 6.02. The molecule has 2 aliphatic rings. The van der Waals surface area contributed by atoms with Crippen LogP contribution in [0.2, 0.25) is 0 Å². The summed E-state index contributed by atoms with van der Waals surface area (Å²) in [5.41, 5.74) is 0.356. The van der Waals surface area contributed by atoms with Crippen molar-refractivity contribution in [3.05, 3.63) is 23.8 Å². The lowest BCUT2D eigenvalue weighted by molar-refractivity contribution is -0.136. The second kappa shape index (κ2) is 6.89. The minimum atomic E-state index is -0.527. The summed E-state index contributed by atoms with van der Waals surface area (Å²) in [5, 5.41) is 0. The highest BCUT2D eigenvalue weighted by Crippen LogP contribution is 2.30. The summed E-state index contributed by atoms with van der Waals surface area (Å²) in [7, 11) is 0. The summed E-state index contributed by atoms with van der Waals surface area (Å²) in [6.45, 7) is 4.34. The Hall–Kier alpha value is -2.24. The van der Waals surface area contributed by atoms with Gasteiger partial charge in [-0.1, -0.05) is 6.92 Å². The average molecular weight is 319 g/mol. The molecule has 6 nitrogen and oxygen atoms in total. The van der Waals surface area contributed by atoms with Crippen LogP contribution in [0, 0.1) is 5.92 Å². The first kappa shape index (κ1) is 15.6. The van der Waals surface area contributed by atoms with Gasteiger partial charge in [0, 0.05) is 13.1 Å². The van der Waals surface area contributed by atoms with Gasteiger partial charge < -0.3 is 19.1 Å². The van der Waals surface area contributed by atoms with E-state index in [0.29, 0.717) is 36.2 Å². The molecule has 2 aliphatic heterocycles. The van der Waals surface area contributed by atoms with Crippen LogP contribution < -0.4 is 9.47 Å². The first-order valence-corrected chi connectivity index (χ1v) is 7.98. The number of ether oxygens (including phenoxy) is 3. The molecule has 1 fully saturated rings. The Morgan fingerprint density at radius 1 is 1.26 bits per heavy atom. The predicted octanol–water partition coefficient (Wildman–Crippen LogP) is 1.87. The van der Waals surface area contributed by atoms with Gasteiger partial charge in [-0.3, -0.25) is 4.79 Å². The molecule has 0 aliphatic carbocycles. The van der Waals surface area contributed by atoms with Crippen molar-refractivity contribution >= 4 is 11.9 Å². The van der Waals surface area contributed by atoms with Gasteiger partial charge in [0.15, 0.2) is 18.1 Å². The number of fused-ring (bicyclic) bond motifs is 1. The lowest BCUT2D eigenvalue weighted by Gasteiger charge is -2.30. The molecule has 0 radical (unpaired) electrons. The molecule has 1 saturated heterocycles. The van der Waals surface area contributed by atoms with Crippen LogP contribution >= 0.6 is 0 Å². The third-order valence-corrected chi connectivity index (χ3v) is 4.11. The maximum absolute atomic E-state index is 12.1. The fourth-order valence-corrected chi connectivity index (χ4v) is 2.89.